The number of nitrogens with zero attached hydrogens (tertiary/aromatic N) is 2. The number of benzene rings is 2. The summed E-state index contributed by atoms with van der Waals surface area (Å²) < 4.78 is 5.76. The summed E-state index contributed by atoms with van der Waals surface area (Å²) in [7, 11) is 2.10. The minimum absolute atomic E-state index is 0.0418. The molecule has 0 aliphatic carbocycles. The van der Waals surface area contributed by atoms with Crippen molar-refractivity contribution < 1.29 is 9.53 Å². The van der Waals surface area contributed by atoms with E-state index in [2.05, 4.69) is 37.9 Å². The fraction of sp³-hybridized carbons (Fsp3) is 0.381. The molecule has 1 fully saturated rings. The maximum Gasteiger partial charge on any atom is 0.261 e. The Hall–Kier alpha value is -2.33. The number of hydrogen-bond acceptors (Lipinski definition) is 3. The number of rotatable bonds is 4. The molecule has 1 unspecified atom stereocenters. The Labute approximate surface area is 150 Å². The van der Waals surface area contributed by atoms with Crippen molar-refractivity contribution in [3.8, 4) is 5.75 Å². The third-order valence-corrected chi connectivity index (χ3v) is 4.93. The van der Waals surface area contributed by atoms with Gasteiger partial charge in [-0.15, -0.1) is 0 Å². The monoisotopic (exact) mass is 338 g/mol. The molecule has 4 heteroatoms. The second kappa shape index (κ2) is 7.70. The Balaban J connectivity index is 1.69. The molecular weight excluding hydrogens is 312 g/mol. The molecule has 4 nitrogen and oxygen atoms in total. The van der Waals surface area contributed by atoms with Crippen LogP contribution in [0, 0.1) is 13.8 Å². The molecule has 0 N–H and O–H groups in total. The summed E-state index contributed by atoms with van der Waals surface area (Å²) in [6, 6.07) is 16.3. The first-order valence-corrected chi connectivity index (χ1v) is 8.77. The van der Waals surface area contributed by atoms with Crippen LogP contribution in [0.2, 0.25) is 0 Å². The van der Waals surface area contributed by atoms with Gasteiger partial charge in [0.2, 0.25) is 0 Å². The van der Waals surface area contributed by atoms with Gasteiger partial charge in [0.15, 0.2) is 6.61 Å². The number of piperazine rings is 1. The SMILES string of the molecule is Cc1ccc(OCC(=O)N2CCN(C)CC2c2ccccc2)cc1C. The highest BCUT2D eigenvalue weighted by molar-refractivity contribution is 5.78. The van der Waals surface area contributed by atoms with E-state index in [-0.39, 0.29) is 18.6 Å². The van der Waals surface area contributed by atoms with Crippen LogP contribution in [0.25, 0.3) is 0 Å². The van der Waals surface area contributed by atoms with Crippen molar-refractivity contribution in [1.29, 1.82) is 0 Å². The molecule has 0 spiro atoms. The minimum atomic E-state index is 0.0418. The summed E-state index contributed by atoms with van der Waals surface area (Å²) in [6.07, 6.45) is 0. The molecule has 1 heterocycles. The average molecular weight is 338 g/mol. The van der Waals surface area contributed by atoms with E-state index in [1.54, 1.807) is 0 Å². The zero-order valence-electron chi connectivity index (χ0n) is 15.2. The lowest BCUT2D eigenvalue weighted by Crippen LogP contribution is -2.50. The largest absolute Gasteiger partial charge is 0.484 e. The molecule has 0 saturated carbocycles. The van der Waals surface area contributed by atoms with Gasteiger partial charge in [-0.2, -0.15) is 0 Å². The van der Waals surface area contributed by atoms with Gasteiger partial charge in [-0.1, -0.05) is 36.4 Å². The van der Waals surface area contributed by atoms with Crippen LogP contribution in [0.4, 0.5) is 0 Å². The van der Waals surface area contributed by atoms with Crippen LogP contribution in [0.15, 0.2) is 48.5 Å². The van der Waals surface area contributed by atoms with E-state index < -0.39 is 0 Å². The molecular formula is C21H26N2O2. The fourth-order valence-corrected chi connectivity index (χ4v) is 3.21. The van der Waals surface area contributed by atoms with Crippen LogP contribution in [0.3, 0.4) is 0 Å². The molecule has 1 saturated heterocycles. The quantitative estimate of drug-likeness (QED) is 0.858. The van der Waals surface area contributed by atoms with Gasteiger partial charge < -0.3 is 14.5 Å². The second-order valence-corrected chi connectivity index (χ2v) is 6.81. The number of likely N-dealkylation sites (N-methyl/N-ethyl adjacent to an activating group) is 1. The van der Waals surface area contributed by atoms with Gasteiger partial charge in [-0.25, -0.2) is 0 Å². The van der Waals surface area contributed by atoms with Crippen molar-refractivity contribution in [3.05, 3.63) is 65.2 Å². The predicted molar refractivity (Wildman–Crippen MR) is 99.8 cm³/mol. The summed E-state index contributed by atoms with van der Waals surface area (Å²) in [5, 5.41) is 0. The zero-order valence-corrected chi connectivity index (χ0v) is 15.2. The van der Waals surface area contributed by atoms with Crippen LogP contribution in [0.1, 0.15) is 22.7 Å². The molecule has 0 radical (unpaired) electrons. The first kappa shape index (κ1) is 17.5. The number of carbonyl (C=O) groups excluding carboxylic acids is 1. The molecule has 2 aromatic carbocycles. The predicted octanol–water partition coefficient (Wildman–Crippen LogP) is 3.20. The van der Waals surface area contributed by atoms with Crippen LogP contribution >= 0.6 is 0 Å². The van der Waals surface area contributed by atoms with E-state index in [1.165, 1.54) is 16.7 Å². The lowest BCUT2D eigenvalue weighted by atomic mass is 10.0. The molecule has 1 aliphatic rings. The first-order chi connectivity index (χ1) is 12.0. The third kappa shape index (κ3) is 4.20. The van der Waals surface area contributed by atoms with Gasteiger partial charge >= 0.3 is 0 Å². The molecule has 3 rings (SSSR count). The maximum absolute atomic E-state index is 12.8. The van der Waals surface area contributed by atoms with Gasteiger partial charge in [-0.05, 0) is 49.7 Å². The Kier molecular flexibility index (Phi) is 5.39. The number of carbonyl (C=O) groups is 1. The molecule has 2 aromatic rings. The first-order valence-electron chi connectivity index (χ1n) is 8.77. The Morgan fingerprint density at radius 3 is 2.56 bits per heavy atom. The highest BCUT2D eigenvalue weighted by Crippen LogP contribution is 2.25. The lowest BCUT2D eigenvalue weighted by molar-refractivity contribution is -0.138. The van der Waals surface area contributed by atoms with Gasteiger partial charge in [0.05, 0.1) is 6.04 Å². The molecule has 1 amide bonds. The van der Waals surface area contributed by atoms with Crippen LogP contribution < -0.4 is 4.74 Å². The maximum atomic E-state index is 12.8. The summed E-state index contributed by atoms with van der Waals surface area (Å²) >= 11 is 0. The van der Waals surface area contributed by atoms with E-state index in [4.69, 9.17) is 4.74 Å². The van der Waals surface area contributed by atoms with Crippen molar-refractivity contribution in [2.45, 2.75) is 19.9 Å². The van der Waals surface area contributed by atoms with Crippen LogP contribution in [-0.4, -0.2) is 49.0 Å². The summed E-state index contributed by atoms with van der Waals surface area (Å²) in [4.78, 5) is 17.0. The molecule has 0 bridgehead atoms. The number of aryl methyl sites for hydroxylation is 2. The number of ether oxygens (including phenoxy) is 1. The van der Waals surface area contributed by atoms with Crippen molar-refractivity contribution in [2.75, 3.05) is 33.3 Å². The fourth-order valence-electron chi connectivity index (χ4n) is 3.21. The molecule has 25 heavy (non-hydrogen) atoms. The third-order valence-electron chi connectivity index (χ3n) is 4.93. The molecule has 1 atom stereocenters. The number of hydrogen-bond donors (Lipinski definition) is 0. The highest BCUT2D eigenvalue weighted by Gasteiger charge is 2.30. The van der Waals surface area contributed by atoms with E-state index >= 15 is 0 Å². The van der Waals surface area contributed by atoms with Crippen molar-refractivity contribution in [2.24, 2.45) is 0 Å². The summed E-state index contributed by atoms with van der Waals surface area (Å²) in [5.74, 6) is 0.794. The standard InChI is InChI=1S/C21H26N2O2/c1-16-9-10-19(13-17(16)2)25-15-21(24)23-12-11-22(3)14-20(23)18-7-5-4-6-8-18/h4-10,13,20H,11-12,14-15H2,1-3H3. The van der Waals surface area contributed by atoms with E-state index in [1.807, 2.05) is 41.3 Å². The number of amides is 1. The summed E-state index contributed by atoms with van der Waals surface area (Å²) in [5.41, 5.74) is 3.57. The van der Waals surface area contributed by atoms with Gasteiger partial charge in [0.25, 0.3) is 5.91 Å². The highest BCUT2D eigenvalue weighted by atomic mass is 16.5. The normalized spacial score (nSPS) is 18.2. The summed E-state index contributed by atoms with van der Waals surface area (Å²) in [6.45, 7) is 6.66. The Bertz CT molecular complexity index is 730. The molecule has 132 valence electrons. The van der Waals surface area contributed by atoms with E-state index in [9.17, 15) is 4.79 Å². The van der Waals surface area contributed by atoms with Crippen molar-refractivity contribution in [3.63, 3.8) is 0 Å². The lowest BCUT2D eigenvalue weighted by Gasteiger charge is -2.40. The van der Waals surface area contributed by atoms with E-state index in [0.717, 1.165) is 25.4 Å². The van der Waals surface area contributed by atoms with Crippen LogP contribution in [0.5, 0.6) is 5.75 Å². The minimum Gasteiger partial charge on any atom is -0.484 e. The molecule has 0 aromatic heterocycles. The van der Waals surface area contributed by atoms with Crippen molar-refractivity contribution in [1.82, 2.24) is 9.80 Å². The zero-order chi connectivity index (χ0) is 17.8. The Morgan fingerprint density at radius 2 is 1.84 bits per heavy atom. The van der Waals surface area contributed by atoms with Crippen LogP contribution in [-0.2, 0) is 4.79 Å². The van der Waals surface area contributed by atoms with Crippen molar-refractivity contribution >= 4 is 5.91 Å². The van der Waals surface area contributed by atoms with E-state index in [0.29, 0.717) is 0 Å². The topological polar surface area (TPSA) is 32.8 Å². The second-order valence-electron chi connectivity index (χ2n) is 6.81. The van der Waals surface area contributed by atoms with Gasteiger partial charge in [0, 0.05) is 19.6 Å². The van der Waals surface area contributed by atoms with Gasteiger partial charge in [0.1, 0.15) is 5.75 Å². The molecule has 1 aliphatic heterocycles. The smallest absolute Gasteiger partial charge is 0.261 e. The average Bonchev–Trinajstić information content (AvgIpc) is 2.63. The Morgan fingerprint density at radius 1 is 1.08 bits per heavy atom. The van der Waals surface area contributed by atoms with Gasteiger partial charge in [-0.3, -0.25) is 4.79 Å².